The van der Waals surface area contributed by atoms with E-state index < -0.39 is 23.8 Å². The number of carboxylic acids is 3. The van der Waals surface area contributed by atoms with E-state index in [1.54, 1.807) is 19.8 Å². The lowest BCUT2D eigenvalue weighted by molar-refractivity contribution is -0.114. The van der Waals surface area contributed by atoms with Gasteiger partial charge in [-0.25, -0.2) is 19.5 Å². The van der Waals surface area contributed by atoms with E-state index in [0.29, 0.717) is 102 Å². The fourth-order valence-electron chi connectivity index (χ4n) is 13.6. The van der Waals surface area contributed by atoms with Crippen molar-refractivity contribution in [3.8, 4) is 17.1 Å². The number of nitrogens with one attached hydrogen (secondary N) is 4. The van der Waals surface area contributed by atoms with Crippen LogP contribution < -0.4 is 38.9 Å². The van der Waals surface area contributed by atoms with Crippen LogP contribution in [-0.4, -0.2) is 118 Å². The number of aromatic amines is 1. The number of benzene rings is 9. The summed E-state index contributed by atoms with van der Waals surface area (Å²) in [6.07, 6.45) is 12.4. The maximum Gasteiger partial charge on any atom is 0.335 e. The smallest absolute Gasteiger partial charge is 0.335 e. The molecular formula is C93H93Br2Cl10N17O9S4. The number of amides is 3. The van der Waals surface area contributed by atoms with Crippen LogP contribution in [0, 0.1) is 46.3 Å². The van der Waals surface area contributed by atoms with Gasteiger partial charge in [-0.05, 0) is 334 Å². The van der Waals surface area contributed by atoms with Crippen molar-refractivity contribution < 1.29 is 44.1 Å². The molecule has 0 aliphatic heterocycles. The summed E-state index contributed by atoms with van der Waals surface area (Å²) in [6.45, 7) is 11.9. The predicted octanol–water partition coefficient (Wildman–Crippen LogP) is 27.9. The summed E-state index contributed by atoms with van der Waals surface area (Å²) in [7, 11) is 0. The molecule has 5 saturated carbocycles. The molecule has 3 amide bonds. The minimum Gasteiger partial charge on any atom is -0.478 e. The van der Waals surface area contributed by atoms with Gasteiger partial charge in [-0.2, -0.15) is 4.99 Å². The van der Waals surface area contributed by atoms with Crippen LogP contribution in [0.3, 0.4) is 0 Å². The molecule has 712 valence electrons. The number of carboxylic acid groups (broad SMARTS) is 3. The number of carbonyl (C=O) groups is 6. The van der Waals surface area contributed by atoms with Crippen molar-refractivity contribution in [3.05, 3.63) is 264 Å². The van der Waals surface area contributed by atoms with Gasteiger partial charge in [0.15, 0.2) is 10.3 Å². The van der Waals surface area contributed by atoms with Crippen molar-refractivity contribution in [3.63, 3.8) is 0 Å². The van der Waals surface area contributed by atoms with Gasteiger partial charge in [-0.1, -0.05) is 189 Å². The van der Waals surface area contributed by atoms with E-state index in [9.17, 15) is 28.8 Å². The molecule has 0 spiro atoms. The summed E-state index contributed by atoms with van der Waals surface area (Å²) in [5, 5.41) is 64.9. The zero-order chi connectivity index (χ0) is 96.8. The molecule has 3 aromatic heterocycles. The lowest BCUT2D eigenvalue weighted by Crippen LogP contribution is -2.15. The first-order valence-corrected chi connectivity index (χ1v) is 49.0. The lowest BCUT2D eigenvalue weighted by atomic mass is 10.1. The van der Waals surface area contributed by atoms with Gasteiger partial charge in [0.1, 0.15) is 5.88 Å². The summed E-state index contributed by atoms with van der Waals surface area (Å²) in [5.74, 6) is -0.697. The molecule has 17 rings (SSSR count). The molecule has 9 aromatic carbocycles. The number of nitrogen functional groups attached to an aromatic ring is 4. The molecule has 135 heavy (non-hydrogen) atoms. The third-order valence-corrected chi connectivity index (χ3v) is 27.2. The number of aromatic nitrogens is 9. The Morgan fingerprint density at radius 2 is 0.770 bits per heavy atom. The van der Waals surface area contributed by atoms with Crippen LogP contribution in [0.15, 0.2) is 152 Å². The maximum atomic E-state index is 12.5. The first kappa shape index (κ1) is 110. The van der Waals surface area contributed by atoms with E-state index in [2.05, 4.69) is 131 Å². The Labute approximate surface area is 866 Å². The quantitative estimate of drug-likeness (QED) is 0.00987. The van der Waals surface area contributed by atoms with E-state index in [-0.39, 0.29) is 81.8 Å². The number of nitrogens with zero attached hydrogens (tertiary/aromatic N) is 9. The standard InChI is InChI=1S/C21H17BrCl2N4O3S.C21H19Cl2N5O3S.C12H13ClN4S.C11H10ClNS.C10H12ClN.C9H7Cl2NO3.C7H7BrClN.2CH4/c1-10-6-13(11-2-3-11)8-15(24)18(10)28-20(22)26-27-21(28)32-9-17(29)25-16-5-4-12(19(30)31)7-14(16)23;1-10-6-13(11-2-3-11)8-15(23)18(10)28-20(24)26-27-21(28)32-9-17(29)25-16-5-4-12(19(30)31)7-14(16)22;1-6-4-8(7-2-3-7)5-9(13)10(6)17-11(14)15-16-12(17)18;1-7-4-9(8-2-3-8)5-10(12)11(7)13-6-14;1-6-4-8(7-2-3-7)5-9(11)10(6)12;10-4-8(13)12-7-2-1-5(9(14)15)3-6(7)11;1-4-2-5(8)3-6(9)7(4)10;;/h4-8,11H,2-3,9H2,1H3,(H,25,29)(H,30,31);4-8,11H,2-3,9H2,1H3,(H2,24,26)(H,25,29)(H,30,31);4-5,7H,2-3H2,1H3,(H2,14,15)(H,16,18);4-5,8H,2-3H2,1H3;4-5,7H,2-3,12H2,1H3;1-3H,4H2,(H,12,13)(H,14,15);2-3H,10H2,1H3;2*1H4. The molecule has 0 atom stereocenters. The monoisotopic (exact) mass is 2230 g/mol. The predicted molar refractivity (Wildman–Crippen MR) is 564 cm³/mol. The highest BCUT2D eigenvalue weighted by Gasteiger charge is 2.32. The van der Waals surface area contributed by atoms with Crippen molar-refractivity contribution >= 4 is 283 Å². The number of H-pyrrole nitrogens is 1. The number of isothiocyanates is 1. The van der Waals surface area contributed by atoms with E-state index >= 15 is 0 Å². The number of aliphatic imine (C=N–C) groups is 1. The highest BCUT2D eigenvalue weighted by atomic mass is 79.9. The number of nitrogens with two attached hydrogens (primary N) is 4. The number of aromatic carboxylic acids is 3. The molecule has 5 fully saturated rings. The molecule has 15 N–H and O–H groups in total. The fraction of sp³-hybridized carbons (Fsp3) is 0.280. The van der Waals surface area contributed by atoms with Crippen LogP contribution in [0.2, 0.25) is 45.2 Å². The average Bonchev–Trinajstić information content (AvgIpc) is 1.70. The van der Waals surface area contributed by atoms with Gasteiger partial charge in [-0.15, -0.1) is 37.1 Å². The summed E-state index contributed by atoms with van der Waals surface area (Å²) < 4.78 is 6.99. The Hall–Kier alpha value is -9.00. The zero-order valence-electron chi connectivity index (χ0n) is 71.5. The highest BCUT2D eigenvalue weighted by molar-refractivity contribution is 9.10. The van der Waals surface area contributed by atoms with Gasteiger partial charge in [0.05, 0.1) is 130 Å². The molecule has 0 bridgehead atoms. The molecule has 5 aliphatic carbocycles. The van der Waals surface area contributed by atoms with Crippen molar-refractivity contribution in [1.82, 2.24) is 44.3 Å². The van der Waals surface area contributed by atoms with Gasteiger partial charge in [0.25, 0.3) is 0 Å². The SMILES string of the molecule is C.C.Cc1cc(Br)cc(Cl)c1N.Cc1cc(C2CC2)cc(Cl)c1-n1c(Br)nnc1SCC(=O)Nc1ccc(C(=O)O)cc1Cl.Cc1cc(C2CC2)cc(Cl)c1-n1c(N)n[nH]c1=S.Cc1cc(C2CC2)cc(Cl)c1-n1c(N)nnc1SCC(=O)Nc1ccc(C(=O)O)cc1Cl.Cc1cc(C2CC2)cc(Cl)c1N.Cc1cc(C2CC2)cc(Cl)c1N=C=S.O=C(CCl)Nc1ccc(C(=O)O)cc1Cl. The lowest BCUT2D eigenvalue weighted by Gasteiger charge is -2.15. The van der Waals surface area contributed by atoms with Gasteiger partial charge < -0.3 is 54.2 Å². The van der Waals surface area contributed by atoms with Gasteiger partial charge in [-0.3, -0.25) is 28.1 Å². The molecule has 12 aromatic rings. The summed E-state index contributed by atoms with van der Waals surface area (Å²) in [5.41, 5.74) is 41.4. The summed E-state index contributed by atoms with van der Waals surface area (Å²) in [6, 6.07) is 36.6. The second kappa shape index (κ2) is 49.5. The normalized spacial score (nSPS) is 13.1. The largest absolute Gasteiger partial charge is 0.478 e. The molecular weight excluding hydrogens is 2140 g/mol. The number of hydrogen-bond acceptors (Lipinski definition) is 20. The second-order valence-electron chi connectivity index (χ2n) is 31.4. The number of aryl methyl sites for hydroxylation is 6. The minimum atomic E-state index is -1.10. The number of alkyl halides is 1. The van der Waals surface area contributed by atoms with Crippen LogP contribution >= 0.6 is 196 Å². The Balaban J connectivity index is 0.000000184. The third kappa shape index (κ3) is 30.0. The molecule has 0 radical (unpaired) electrons. The molecule has 26 nitrogen and oxygen atoms in total. The van der Waals surface area contributed by atoms with Crippen molar-refractivity contribution in [1.29, 1.82) is 0 Å². The number of thioether (sulfide) groups is 2. The molecule has 3 heterocycles. The zero-order valence-corrected chi connectivity index (χ0v) is 85.5. The van der Waals surface area contributed by atoms with Crippen LogP contribution in [0.4, 0.5) is 46.0 Å². The summed E-state index contributed by atoms with van der Waals surface area (Å²) in [4.78, 5) is 72.4. The Morgan fingerprint density at radius 3 is 1.10 bits per heavy atom. The van der Waals surface area contributed by atoms with Crippen molar-refractivity contribution in [2.75, 3.05) is 56.3 Å². The van der Waals surface area contributed by atoms with Crippen LogP contribution in [-0.2, 0) is 14.4 Å². The van der Waals surface area contributed by atoms with Gasteiger partial charge in [0, 0.05) is 4.47 Å². The van der Waals surface area contributed by atoms with Gasteiger partial charge in [0.2, 0.25) is 39.1 Å². The van der Waals surface area contributed by atoms with E-state index in [0.717, 1.165) is 84.2 Å². The molecule has 0 unspecified atom stereocenters. The first-order valence-electron chi connectivity index (χ1n) is 40.7. The van der Waals surface area contributed by atoms with E-state index in [4.69, 9.17) is 166 Å². The Morgan fingerprint density at radius 1 is 0.437 bits per heavy atom. The van der Waals surface area contributed by atoms with E-state index in [1.807, 2.05) is 77.9 Å². The number of rotatable bonds is 22. The molecule has 0 saturated heterocycles. The topological polar surface area (TPSA) is 411 Å². The Kier molecular flexibility index (Phi) is 40.2. The number of carbonyl (C=O) groups excluding carboxylic acids is 3. The second-order valence-corrected chi connectivity index (χ2v) is 39.5. The summed E-state index contributed by atoms with van der Waals surface area (Å²) >= 11 is 79.4. The number of anilines is 7. The van der Waals surface area contributed by atoms with E-state index in [1.165, 1.54) is 158 Å². The number of halogens is 12. The number of thiocarbonyl (C=S) groups is 1. The molecule has 5 aliphatic rings. The van der Waals surface area contributed by atoms with Crippen LogP contribution in [0.5, 0.6) is 0 Å². The van der Waals surface area contributed by atoms with Crippen LogP contribution in [0.25, 0.3) is 17.1 Å². The van der Waals surface area contributed by atoms with Crippen LogP contribution in [0.1, 0.15) is 201 Å². The third-order valence-electron chi connectivity index (χ3n) is 21.0. The molecule has 42 heteroatoms. The van der Waals surface area contributed by atoms with Crippen molar-refractivity contribution in [2.24, 2.45) is 4.99 Å². The maximum absolute atomic E-state index is 12.5. The van der Waals surface area contributed by atoms with Crippen molar-refractivity contribution in [2.45, 2.75) is 161 Å². The Bertz CT molecular complexity index is 6270. The first-order chi connectivity index (χ1) is 63.1. The average molecular weight is 2240 g/mol. The highest BCUT2D eigenvalue weighted by Crippen LogP contribution is 2.48. The number of hydrogen-bond donors (Lipinski definition) is 11. The fourth-order valence-corrected chi connectivity index (χ4v) is 19.3. The van der Waals surface area contributed by atoms with Gasteiger partial charge >= 0.3 is 17.9 Å². The minimum absolute atomic E-state index is 0.